The van der Waals surface area contributed by atoms with Gasteiger partial charge in [0.15, 0.2) is 0 Å². The number of pyridine rings is 1. The second-order valence-corrected chi connectivity index (χ2v) is 9.34. The monoisotopic (exact) mass is 441 g/mol. The lowest BCUT2D eigenvalue weighted by Gasteiger charge is -2.18. The Morgan fingerprint density at radius 3 is 2.48 bits per heavy atom. The summed E-state index contributed by atoms with van der Waals surface area (Å²) in [7, 11) is 0.182. The van der Waals surface area contributed by atoms with Gasteiger partial charge < -0.3 is 15.1 Å². The predicted molar refractivity (Wildman–Crippen MR) is 122 cm³/mol. The van der Waals surface area contributed by atoms with Gasteiger partial charge in [-0.25, -0.2) is 8.60 Å². The number of rotatable bonds is 6. The third-order valence-electron chi connectivity index (χ3n) is 5.51. The fourth-order valence-electron chi connectivity index (χ4n) is 3.64. The zero-order chi connectivity index (χ0) is 22.3. The number of aromatic nitrogens is 1. The first-order valence-electron chi connectivity index (χ1n) is 9.94. The Kier molecular flexibility index (Phi) is 5.58. The van der Waals surface area contributed by atoms with Crippen LogP contribution in [-0.2, 0) is 18.0 Å². The minimum absolute atomic E-state index is 0.0916. The first-order chi connectivity index (χ1) is 14.7. The number of aromatic hydroxyl groups is 1. The minimum atomic E-state index is -1.41. The molecule has 1 aliphatic rings. The molecule has 2 aromatic carbocycles. The lowest BCUT2D eigenvalue weighted by atomic mass is 10.1. The number of benzene rings is 2. The van der Waals surface area contributed by atoms with Crippen molar-refractivity contribution in [3.05, 3.63) is 81.4 Å². The number of hydrogen-bond donors (Lipinski definition) is 3. The van der Waals surface area contributed by atoms with E-state index in [1.54, 1.807) is 51.2 Å². The molecule has 1 aliphatic carbocycles. The number of phenols is 1. The molecule has 1 fully saturated rings. The Labute approximate surface area is 182 Å². The summed E-state index contributed by atoms with van der Waals surface area (Å²) in [5.74, 6) is 0.233. The van der Waals surface area contributed by atoms with Crippen LogP contribution in [0.4, 0.5) is 21.6 Å². The zero-order valence-electron chi connectivity index (χ0n) is 17.5. The second-order valence-electron chi connectivity index (χ2n) is 7.93. The minimum Gasteiger partial charge on any atom is -0.508 e. The summed E-state index contributed by atoms with van der Waals surface area (Å²) in [5, 5.41) is 12.3. The topological polar surface area (TPSA) is 83.4 Å². The molecule has 0 saturated heterocycles. The Morgan fingerprint density at radius 1 is 1.10 bits per heavy atom. The van der Waals surface area contributed by atoms with Crippen LogP contribution in [0.1, 0.15) is 29.0 Å². The lowest BCUT2D eigenvalue weighted by Crippen LogP contribution is -2.24. The number of nitrogens with one attached hydrogen (secondary N) is 2. The number of halogens is 1. The van der Waals surface area contributed by atoms with Crippen molar-refractivity contribution in [1.82, 2.24) is 4.57 Å². The first-order valence-corrected chi connectivity index (χ1v) is 11.2. The highest BCUT2D eigenvalue weighted by Crippen LogP contribution is 2.45. The molecular weight excluding hydrogens is 417 g/mol. The average Bonchev–Trinajstić information content (AvgIpc) is 3.52. The van der Waals surface area contributed by atoms with Gasteiger partial charge in [0.1, 0.15) is 28.4 Å². The van der Waals surface area contributed by atoms with E-state index in [0.29, 0.717) is 17.1 Å². The van der Waals surface area contributed by atoms with E-state index in [9.17, 15) is 18.5 Å². The summed E-state index contributed by atoms with van der Waals surface area (Å²) in [6.07, 6.45) is 0.754. The molecule has 3 atom stereocenters. The summed E-state index contributed by atoms with van der Waals surface area (Å²) in [5.41, 5.74) is 2.77. The molecule has 31 heavy (non-hydrogen) atoms. The molecule has 0 radical (unpaired) electrons. The van der Waals surface area contributed by atoms with Crippen molar-refractivity contribution in [2.75, 3.05) is 10.0 Å². The molecule has 1 aromatic heterocycles. The summed E-state index contributed by atoms with van der Waals surface area (Å²) < 4.78 is 31.8. The van der Waals surface area contributed by atoms with E-state index in [0.717, 1.165) is 17.5 Å². The number of aryl methyl sites for hydroxylation is 2. The largest absolute Gasteiger partial charge is 0.508 e. The smallest absolute Gasteiger partial charge is 0.254 e. The molecule has 3 unspecified atom stereocenters. The van der Waals surface area contributed by atoms with Crippen LogP contribution in [0.5, 0.6) is 5.75 Å². The first kappa shape index (κ1) is 21.1. The van der Waals surface area contributed by atoms with Crippen LogP contribution in [0.2, 0.25) is 0 Å². The van der Waals surface area contributed by atoms with Crippen molar-refractivity contribution in [2.24, 2.45) is 7.05 Å². The molecular formula is C23H24FN3O3S. The Hall–Kier alpha value is -3.13. The van der Waals surface area contributed by atoms with Crippen molar-refractivity contribution in [3.63, 3.8) is 0 Å². The molecule has 0 bridgehead atoms. The van der Waals surface area contributed by atoms with Gasteiger partial charge in [0.2, 0.25) is 0 Å². The number of hydrogen-bond acceptors (Lipinski definition) is 4. The normalized spacial score (nSPS) is 18.5. The maximum absolute atomic E-state index is 14.4. The standard InChI is InChI=1S/C23H24FN3O3S/c1-13-4-9-19(18(24)10-13)25-22-20(11-14(2)23(29)27(22)3)26-31(30)21-12-17(21)15-5-7-16(28)8-6-15/h4-11,17,21,25-26,28H,12H2,1-3H3. The summed E-state index contributed by atoms with van der Waals surface area (Å²) in [4.78, 5) is 12.5. The fraction of sp³-hybridized carbons (Fsp3) is 0.261. The third kappa shape index (κ3) is 4.34. The summed E-state index contributed by atoms with van der Waals surface area (Å²) >= 11 is 0. The van der Waals surface area contributed by atoms with Gasteiger partial charge in [-0.2, -0.15) is 0 Å². The van der Waals surface area contributed by atoms with Crippen molar-refractivity contribution in [1.29, 1.82) is 0 Å². The quantitative estimate of drug-likeness (QED) is 0.535. The molecule has 0 amide bonds. The van der Waals surface area contributed by atoms with E-state index >= 15 is 0 Å². The van der Waals surface area contributed by atoms with Gasteiger partial charge in [0.05, 0.1) is 16.6 Å². The number of anilines is 3. The second kappa shape index (κ2) is 8.19. The Morgan fingerprint density at radius 2 is 1.81 bits per heavy atom. The highest BCUT2D eigenvalue weighted by atomic mass is 32.2. The predicted octanol–water partition coefficient (Wildman–Crippen LogP) is 4.22. The van der Waals surface area contributed by atoms with E-state index < -0.39 is 16.8 Å². The maximum atomic E-state index is 14.4. The summed E-state index contributed by atoms with van der Waals surface area (Å²) in [6.45, 7) is 3.48. The molecule has 1 heterocycles. The fourth-order valence-corrected chi connectivity index (χ4v) is 5.00. The van der Waals surface area contributed by atoms with Gasteiger partial charge in [0.25, 0.3) is 5.56 Å². The van der Waals surface area contributed by atoms with E-state index in [1.807, 2.05) is 12.1 Å². The van der Waals surface area contributed by atoms with Crippen molar-refractivity contribution in [3.8, 4) is 5.75 Å². The zero-order valence-corrected chi connectivity index (χ0v) is 18.3. The third-order valence-corrected chi connectivity index (χ3v) is 7.00. The van der Waals surface area contributed by atoms with E-state index in [1.165, 1.54) is 10.6 Å². The number of phenolic OH excluding ortho intramolecular Hbond substituents is 1. The van der Waals surface area contributed by atoms with Crippen LogP contribution in [0, 0.1) is 19.7 Å². The van der Waals surface area contributed by atoms with Crippen LogP contribution >= 0.6 is 0 Å². The van der Waals surface area contributed by atoms with Gasteiger partial charge in [-0.05, 0) is 61.7 Å². The molecule has 3 aromatic rings. The van der Waals surface area contributed by atoms with Crippen molar-refractivity contribution >= 4 is 28.2 Å². The van der Waals surface area contributed by atoms with Crippen LogP contribution in [-0.4, -0.2) is 19.1 Å². The lowest BCUT2D eigenvalue weighted by molar-refractivity contribution is 0.475. The van der Waals surface area contributed by atoms with E-state index in [-0.39, 0.29) is 28.2 Å². The van der Waals surface area contributed by atoms with Crippen LogP contribution in [0.15, 0.2) is 53.3 Å². The number of nitrogens with zero attached hydrogens (tertiary/aromatic N) is 1. The van der Waals surface area contributed by atoms with E-state index in [2.05, 4.69) is 10.0 Å². The van der Waals surface area contributed by atoms with Gasteiger partial charge in [-0.15, -0.1) is 0 Å². The van der Waals surface area contributed by atoms with Crippen LogP contribution < -0.4 is 15.6 Å². The SMILES string of the molecule is Cc1ccc(Nc2c(NS(=O)C3CC3c3ccc(O)cc3)cc(C)c(=O)n2C)c(F)c1. The highest BCUT2D eigenvalue weighted by molar-refractivity contribution is 7.87. The van der Waals surface area contributed by atoms with Gasteiger partial charge in [-0.1, -0.05) is 18.2 Å². The molecule has 3 N–H and O–H groups in total. The molecule has 6 nitrogen and oxygen atoms in total. The molecule has 0 spiro atoms. The molecule has 4 rings (SSSR count). The summed E-state index contributed by atoms with van der Waals surface area (Å²) in [6, 6.07) is 13.3. The van der Waals surface area contributed by atoms with Gasteiger partial charge >= 0.3 is 0 Å². The molecule has 8 heteroatoms. The van der Waals surface area contributed by atoms with Crippen LogP contribution in [0.3, 0.4) is 0 Å². The van der Waals surface area contributed by atoms with Gasteiger partial charge in [-0.3, -0.25) is 9.36 Å². The average molecular weight is 442 g/mol. The molecule has 162 valence electrons. The van der Waals surface area contributed by atoms with Gasteiger partial charge in [0, 0.05) is 18.5 Å². The van der Waals surface area contributed by atoms with E-state index in [4.69, 9.17) is 0 Å². The Balaban J connectivity index is 1.60. The van der Waals surface area contributed by atoms with Crippen molar-refractivity contribution in [2.45, 2.75) is 31.4 Å². The van der Waals surface area contributed by atoms with Crippen molar-refractivity contribution < 1.29 is 13.7 Å². The highest BCUT2D eigenvalue weighted by Gasteiger charge is 2.43. The molecule has 1 saturated carbocycles. The maximum Gasteiger partial charge on any atom is 0.254 e. The Bertz CT molecular complexity index is 1220. The molecule has 0 aliphatic heterocycles. The van der Waals surface area contributed by atoms with Crippen LogP contribution in [0.25, 0.3) is 0 Å².